The number of hydrogen-bond acceptors (Lipinski definition) is 3. The molecule has 2 aromatic carbocycles. The zero-order chi connectivity index (χ0) is 14.0. The summed E-state index contributed by atoms with van der Waals surface area (Å²) in [6, 6.07) is 8.56. The third-order valence-corrected chi connectivity index (χ3v) is 2.98. The third kappa shape index (κ3) is 3.10. The van der Waals surface area contributed by atoms with Gasteiger partial charge in [-0.3, -0.25) is 4.79 Å². The first-order valence-corrected chi connectivity index (χ1v) is 6.01. The lowest BCUT2D eigenvalue weighted by Crippen LogP contribution is -2.11. The Labute approximate surface area is 119 Å². The quantitative estimate of drug-likeness (QED) is 0.741. The van der Waals surface area contributed by atoms with E-state index in [0.29, 0.717) is 11.3 Å². The summed E-state index contributed by atoms with van der Waals surface area (Å²) in [7, 11) is 0. The van der Waals surface area contributed by atoms with Gasteiger partial charge < -0.3 is 15.5 Å². The van der Waals surface area contributed by atoms with Crippen LogP contribution in [0.4, 0.5) is 5.69 Å². The molecule has 0 radical (unpaired) electrons. The van der Waals surface area contributed by atoms with Crippen molar-refractivity contribution in [3.05, 3.63) is 52.0 Å². The molecule has 2 aromatic rings. The minimum atomic E-state index is -0.377. The minimum Gasteiger partial charge on any atom is -0.508 e. The van der Waals surface area contributed by atoms with Crippen LogP contribution in [0.5, 0.6) is 11.5 Å². The van der Waals surface area contributed by atoms with Gasteiger partial charge in [0.15, 0.2) is 5.75 Å². The molecule has 98 valence electrons. The first-order chi connectivity index (χ1) is 8.97. The van der Waals surface area contributed by atoms with E-state index in [1.54, 1.807) is 0 Å². The molecule has 2 rings (SSSR count). The van der Waals surface area contributed by atoms with E-state index in [-0.39, 0.29) is 27.5 Å². The number of amides is 1. The van der Waals surface area contributed by atoms with Gasteiger partial charge in [0.1, 0.15) is 5.75 Å². The zero-order valence-electron chi connectivity index (χ0n) is 9.52. The molecule has 0 aliphatic carbocycles. The summed E-state index contributed by atoms with van der Waals surface area (Å²) in [6.07, 6.45) is 0. The summed E-state index contributed by atoms with van der Waals surface area (Å²) in [4.78, 5) is 11.9. The second-order valence-electron chi connectivity index (χ2n) is 3.79. The molecule has 4 nitrogen and oxygen atoms in total. The summed E-state index contributed by atoms with van der Waals surface area (Å²) < 4.78 is 0. The smallest absolute Gasteiger partial charge is 0.255 e. The number of rotatable bonds is 2. The van der Waals surface area contributed by atoms with Crippen LogP contribution in [0.1, 0.15) is 10.4 Å². The van der Waals surface area contributed by atoms with Crippen molar-refractivity contribution in [3.8, 4) is 11.5 Å². The van der Waals surface area contributed by atoms with Crippen LogP contribution >= 0.6 is 23.2 Å². The molecule has 0 aromatic heterocycles. The van der Waals surface area contributed by atoms with Crippen molar-refractivity contribution in [3.63, 3.8) is 0 Å². The standard InChI is InChI=1S/C13H9Cl2NO3/c14-10-5-8(6-11(15)12(10)18)16-13(19)7-1-3-9(17)4-2-7/h1-6,17-18H,(H,16,19). The Balaban J connectivity index is 2.22. The topological polar surface area (TPSA) is 69.6 Å². The van der Waals surface area contributed by atoms with Crippen molar-refractivity contribution in [2.75, 3.05) is 5.32 Å². The fourth-order valence-electron chi connectivity index (χ4n) is 1.45. The number of benzene rings is 2. The van der Waals surface area contributed by atoms with Crippen LogP contribution in [0.15, 0.2) is 36.4 Å². The molecule has 0 atom stereocenters. The lowest BCUT2D eigenvalue weighted by molar-refractivity contribution is 0.102. The zero-order valence-corrected chi connectivity index (χ0v) is 11.0. The number of phenolic OH excluding ortho intramolecular Hbond substituents is 2. The van der Waals surface area contributed by atoms with Crippen molar-refractivity contribution >= 4 is 34.8 Å². The first-order valence-electron chi connectivity index (χ1n) is 5.26. The van der Waals surface area contributed by atoms with E-state index in [2.05, 4.69) is 5.32 Å². The summed E-state index contributed by atoms with van der Waals surface area (Å²) in [6.45, 7) is 0. The number of nitrogens with one attached hydrogen (secondary N) is 1. The highest BCUT2D eigenvalue weighted by molar-refractivity contribution is 6.37. The van der Waals surface area contributed by atoms with Crippen LogP contribution in [0.3, 0.4) is 0 Å². The third-order valence-electron chi connectivity index (χ3n) is 2.40. The van der Waals surface area contributed by atoms with Gasteiger partial charge in [-0.25, -0.2) is 0 Å². The highest BCUT2D eigenvalue weighted by atomic mass is 35.5. The highest BCUT2D eigenvalue weighted by Gasteiger charge is 2.10. The summed E-state index contributed by atoms with van der Waals surface area (Å²) in [5.74, 6) is -0.531. The number of aromatic hydroxyl groups is 2. The summed E-state index contributed by atoms with van der Waals surface area (Å²) in [5, 5.41) is 21.2. The van der Waals surface area contributed by atoms with E-state index in [9.17, 15) is 9.90 Å². The van der Waals surface area contributed by atoms with Crippen LogP contribution in [-0.2, 0) is 0 Å². The van der Waals surface area contributed by atoms with Crippen LogP contribution in [0, 0.1) is 0 Å². The van der Waals surface area contributed by atoms with Gasteiger partial charge >= 0.3 is 0 Å². The molecule has 0 heterocycles. The monoisotopic (exact) mass is 297 g/mol. The van der Waals surface area contributed by atoms with E-state index in [0.717, 1.165) is 0 Å². The van der Waals surface area contributed by atoms with E-state index in [1.165, 1.54) is 36.4 Å². The maximum Gasteiger partial charge on any atom is 0.255 e. The Morgan fingerprint density at radius 1 is 1.00 bits per heavy atom. The second-order valence-corrected chi connectivity index (χ2v) is 4.60. The van der Waals surface area contributed by atoms with Crippen LogP contribution < -0.4 is 5.32 Å². The van der Waals surface area contributed by atoms with Crippen molar-refractivity contribution in [1.82, 2.24) is 0 Å². The molecule has 0 saturated heterocycles. The molecule has 3 N–H and O–H groups in total. The van der Waals surface area contributed by atoms with Gasteiger partial charge in [0, 0.05) is 11.3 Å². The normalized spacial score (nSPS) is 10.2. The maximum absolute atomic E-state index is 11.9. The van der Waals surface area contributed by atoms with E-state index in [1.807, 2.05) is 0 Å². The van der Waals surface area contributed by atoms with Crippen molar-refractivity contribution in [2.45, 2.75) is 0 Å². The molecule has 6 heteroatoms. The van der Waals surface area contributed by atoms with Gasteiger partial charge in [-0.2, -0.15) is 0 Å². The number of carbonyl (C=O) groups excluding carboxylic acids is 1. The van der Waals surface area contributed by atoms with Gasteiger partial charge in [0.25, 0.3) is 5.91 Å². The number of halogens is 2. The molecule has 19 heavy (non-hydrogen) atoms. The minimum absolute atomic E-state index is 0.0495. The van der Waals surface area contributed by atoms with Crippen LogP contribution in [0.25, 0.3) is 0 Å². The molecular formula is C13H9Cl2NO3. The molecular weight excluding hydrogens is 289 g/mol. The summed E-state index contributed by atoms with van der Waals surface area (Å²) in [5.41, 5.74) is 0.740. The van der Waals surface area contributed by atoms with Gasteiger partial charge in [0.2, 0.25) is 0 Å². The maximum atomic E-state index is 11.9. The Morgan fingerprint density at radius 2 is 1.53 bits per heavy atom. The SMILES string of the molecule is O=C(Nc1cc(Cl)c(O)c(Cl)c1)c1ccc(O)cc1. The van der Waals surface area contributed by atoms with Crippen molar-refractivity contribution in [2.24, 2.45) is 0 Å². The number of anilines is 1. The van der Waals surface area contributed by atoms with Crippen molar-refractivity contribution in [1.29, 1.82) is 0 Å². The number of hydrogen-bond donors (Lipinski definition) is 3. The number of phenols is 2. The molecule has 1 amide bonds. The molecule has 0 aliphatic heterocycles. The lowest BCUT2D eigenvalue weighted by Gasteiger charge is -2.08. The van der Waals surface area contributed by atoms with E-state index in [4.69, 9.17) is 28.3 Å². The Kier molecular flexibility index (Phi) is 3.83. The molecule has 0 aliphatic rings. The second kappa shape index (κ2) is 5.38. The molecule has 0 fully saturated rings. The number of carbonyl (C=O) groups is 1. The average Bonchev–Trinajstić information content (AvgIpc) is 2.36. The van der Waals surface area contributed by atoms with Crippen molar-refractivity contribution < 1.29 is 15.0 Å². The Bertz CT molecular complexity index is 603. The molecule has 0 saturated carbocycles. The fraction of sp³-hybridized carbons (Fsp3) is 0. The van der Waals surface area contributed by atoms with Crippen LogP contribution in [0.2, 0.25) is 10.0 Å². The fourth-order valence-corrected chi connectivity index (χ4v) is 1.94. The lowest BCUT2D eigenvalue weighted by atomic mass is 10.2. The van der Waals surface area contributed by atoms with E-state index < -0.39 is 0 Å². The Morgan fingerprint density at radius 3 is 2.05 bits per heavy atom. The van der Waals surface area contributed by atoms with Gasteiger partial charge in [-0.1, -0.05) is 23.2 Å². The summed E-state index contributed by atoms with van der Waals surface area (Å²) >= 11 is 11.5. The first kappa shape index (κ1) is 13.5. The molecule has 0 spiro atoms. The Hall–Kier alpha value is -1.91. The van der Waals surface area contributed by atoms with E-state index >= 15 is 0 Å². The highest BCUT2D eigenvalue weighted by Crippen LogP contribution is 2.34. The molecule has 0 bridgehead atoms. The van der Waals surface area contributed by atoms with Crippen LogP contribution in [-0.4, -0.2) is 16.1 Å². The largest absolute Gasteiger partial charge is 0.508 e. The predicted molar refractivity (Wildman–Crippen MR) is 74.2 cm³/mol. The predicted octanol–water partition coefficient (Wildman–Crippen LogP) is 3.66. The average molecular weight is 298 g/mol. The van der Waals surface area contributed by atoms with Gasteiger partial charge in [0.05, 0.1) is 10.0 Å². The molecule has 0 unspecified atom stereocenters. The van der Waals surface area contributed by atoms with Gasteiger partial charge in [-0.15, -0.1) is 0 Å². The van der Waals surface area contributed by atoms with Gasteiger partial charge in [-0.05, 0) is 36.4 Å².